The molecule has 0 N–H and O–H groups in total. The summed E-state index contributed by atoms with van der Waals surface area (Å²) in [6.07, 6.45) is 1.32. The van der Waals surface area contributed by atoms with Gasteiger partial charge in [-0.05, 0) is 18.9 Å². The molecule has 0 fully saturated rings. The highest BCUT2D eigenvalue weighted by molar-refractivity contribution is 7.19. The van der Waals surface area contributed by atoms with Crippen molar-refractivity contribution in [2.75, 3.05) is 20.8 Å². The molecule has 0 radical (unpaired) electrons. The average Bonchev–Trinajstić information content (AvgIpc) is 3.04. The zero-order chi connectivity index (χ0) is 20.1. The first-order valence-electron chi connectivity index (χ1n) is 9.20. The maximum absolute atomic E-state index is 13.4. The summed E-state index contributed by atoms with van der Waals surface area (Å²) >= 11 is 1.54. The van der Waals surface area contributed by atoms with Crippen LogP contribution in [0.4, 0.5) is 0 Å². The van der Waals surface area contributed by atoms with Crippen LogP contribution in [0.5, 0.6) is 0 Å². The average molecular weight is 401 g/mol. The van der Waals surface area contributed by atoms with Crippen LogP contribution in [0.2, 0.25) is 0 Å². The number of fused-ring (bicyclic) bond motifs is 1. The van der Waals surface area contributed by atoms with Gasteiger partial charge in [0.05, 0.1) is 19.1 Å². The standard InChI is InChI=1S/C21H24N2O4S/c1-14-18(15-8-5-4-6-9-15)19-20(28-14)22-16(11-13-26-2)23(21(19)25)12-7-10-17(24)27-3/h4-6,8-9H,7,10-13H2,1-3H3. The first-order valence-corrected chi connectivity index (χ1v) is 10.0. The van der Waals surface area contributed by atoms with E-state index >= 15 is 0 Å². The second-order valence-corrected chi connectivity index (χ2v) is 7.69. The summed E-state index contributed by atoms with van der Waals surface area (Å²) in [4.78, 5) is 31.5. The summed E-state index contributed by atoms with van der Waals surface area (Å²) in [5.74, 6) is 0.405. The van der Waals surface area contributed by atoms with Crippen molar-refractivity contribution in [3.8, 4) is 11.1 Å². The van der Waals surface area contributed by atoms with Crippen LogP contribution in [-0.4, -0.2) is 36.3 Å². The number of hydrogen-bond donors (Lipinski definition) is 0. The summed E-state index contributed by atoms with van der Waals surface area (Å²) in [7, 11) is 2.99. The van der Waals surface area contributed by atoms with Gasteiger partial charge in [0.1, 0.15) is 10.7 Å². The number of nitrogens with zero attached hydrogens (tertiary/aromatic N) is 2. The van der Waals surface area contributed by atoms with E-state index < -0.39 is 0 Å². The van der Waals surface area contributed by atoms with Crippen molar-refractivity contribution in [1.29, 1.82) is 0 Å². The van der Waals surface area contributed by atoms with Gasteiger partial charge in [-0.3, -0.25) is 14.2 Å². The molecule has 0 aliphatic heterocycles. The number of aromatic nitrogens is 2. The zero-order valence-electron chi connectivity index (χ0n) is 16.4. The Kier molecular flexibility index (Phi) is 6.59. The van der Waals surface area contributed by atoms with E-state index in [-0.39, 0.29) is 17.9 Å². The Morgan fingerprint density at radius 2 is 1.96 bits per heavy atom. The lowest BCUT2D eigenvalue weighted by Crippen LogP contribution is -2.26. The lowest BCUT2D eigenvalue weighted by atomic mass is 10.0. The third kappa shape index (κ3) is 4.15. The molecule has 0 saturated carbocycles. The lowest BCUT2D eigenvalue weighted by Gasteiger charge is -2.12. The quantitative estimate of drug-likeness (QED) is 0.541. The number of esters is 1. The molecule has 28 heavy (non-hydrogen) atoms. The molecule has 3 aromatic rings. The van der Waals surface area contributed by atoms with E-state index in [4.69, 9.17) is 14.5 Å². The maximum atomic E-state index is 13.4. The second-order valence-electron chi connectivity index (χ2n) is 6.49. The summed E-state index contributed by atoms with van der Waals surface area (Å²) in [5.41, 5.74) is 1.89. The van der Waals surface area contributed by atoms with Gasteiger partial charge < -0.3 is 9.47 Å². The Morgan fingerprint density at radius 3 is 2.64 bits per heavy atom. The highest BCUT2D eigenvalue weighted by atomic mass is 32.1. The van der Waals surface area contributed by atoms with E-state index in [0.29, 0.717) is 37.2 Å². The van der Waals surface area contributed by atoms with Gasteiger partial charge in [0.2, 0.25) is 0 Å². The fraction of sp³-hybridized carbons (Fsp3) is 0.381. The Bertz CT molecular complexity index is 1020. The number of carbonyl (C=O) groups is 1. The number of ether oxygens (including phenoxy) is 2. The molecular formula is C21H24N2O4S. The Balaban J connectivity index is 2.11. The Hall–Kier alpha value is -2.51. The number of thiophene rings is 1. The molecule has 0 amide bonds. The molecule has 3 rings (SSSR count). The lowest BCUT2D eigenvalue weighted by molar-refractivity contribution is -0.140. The number of rotatable bonds is 8. The van der Waals surface area contributed by atoms with Gasteiger partial charge in [-0.25, -0.2) is 4.98 Å². The minimum Gasteiger partial charge on any atom is -0.469 e. The molecule has 1 aromatic carbocycles. The molecule has 0 aliphatic carbocycles. The largest absolute Gasteiger partial charge is 0.469 e. The van der Waals surface area contributed by atoms with Crippen LogP contribution in [0.25, 0.3) is 21.3 Å². The normalized spacial score (nSPS) is 11.1. The van der Waals surface area contributed by atoms with Crippen LogP contribution in [0, 0.1) is 6.92 Å². The van der Waals surface area contributed by atoms with Gasteiger partial charge in [-0.15, -0.1) is 11.3 Å². The molecule has 0 saturated heterocycles. The van der Waals surface area contributed by atoms with Crippen molar-refractivity contribution in [1.82, 2.24) is 9.55 Å². The highest BCUT2D eigenvalue weighted by Crippen LogP contribution is 2.35. The van der Waals surface area contributed by atoms with Gasteiger partial charge in [0.15, 0.2) is 0 Å². The fourth-order valence-corrected chi connectivity index (χ4v) is 4.34. The van der Waals surface area contributed by atoms with E-state index in [9.17, 15) is 9.59 Å². The first-order chi connectivity index (χ1) is 13.6. The molecular weight excluding hydrogens is 376 g/mol. The minimum absolute atomic E-state index is 0.0656. The molecule has 148 valence electrons. The van der Waals surface area contributed by atoms with Gasteiger partial charge >= 0.3 is 5.97 Å². The van der Waals surface area contributed by atoms with Crippen molar-refractivity contribution >= 4 is 27.5 Å². The molecule has 6 nitrogen and oxygen atoms in total. The topological polar surface area (TPSA) is 70.4 Å². The Labute approximate surface area is 167 Å². The van der Waals surface area contributed by atoms with Crippen molar-refractivity contribution in [2.24, 2.45) is 0 Å². The molecule has 0 spiro atoms. The van der Waals surface area contributed by atoms with Crippen LogP contribution < -0.4 is 5.56 Å². The fourth-order valence-electron chi connectivity index (χ4n) is 3.29. The molecule has 2 heterocycles. The molecule has 0 atom stereocenters. The van der Waals surface area contributed by atoms with E-state index in [1.807, 2.05) is 37.3 Å². The Morgan fingerprint density at radius 1 is 1.21 bits per heavy atom. The summed E-state index contributed by atoms with van der Waals surface area (Å²) in [6, 6.07) is 9.91. The molecule has 0 bridgehead atoms. The number of hydrogen-bond acceptors (Lipinski definition) is 6. The van der Waals surface area contributed by atoms with E-state index in [1.165, 1.54) is 18.4 Å². The van der Waals surface area contributed by atoms with Crippen LogP contribution in [0.3, 0.4) is 0 Å². The van der Waals surface area contributed by atoms with Gasteiger partial charge in [-0.1, -0.05) is 30.3 Å². The predicted molar refractivity (Wildman–Crippen MR) is 111 cm³/mol. The van der Waals surface area contributed by atoms with Gasteiger partial charge in [0, 0.05) is 36.9 Å². The number of methoxy groups -OCH3 is 2. The number of benzene rings is 1. The van der Waals surface area contributed by atoms with Gasteiger partial charge in [0.25, 0.3) is 5.56 Å². The molecule has 2 aromatic heterocycles. The van der Waals surface area contributed by atoms with Gasteiger partial charge in [-0.2, -0.15) is 0 Å². The molecule has 0 aliphatic rings. The first kappa shape index (κ1) is 20.2. The van der Waals surface area contributed by atoms with E-state index in [1.54, 1.807) is 11.7 Å². The van der Waals surface area contributed by atoms with Crippen LogP contribution in [-0.2, 0) is 27.2 Å². The maximum Gasteiger partial charge on any atom is 0.305 e. The third-order valence-electron chi connectivity index (χ3n) is 4.65. The zero-order valence-corrected chi connectivity index (χ0v) is 17.2. The monoisotopic (exact) mass is 400 g/mol. The molecule has 0 unspecified atom stereocenters. The number of aryl methyl sites for hydroxylation is 1. The third-order valence-corrected chi connectivity index (χ3v) is 5.65. The summed E-state index contributed by atoms with van der Waals surface area (Å²) in [5, 5.41) is 0.646. The van der Waals surface area contributed by atoms with E-state index in [0.717, 1.165) is 20.8 Å². The van der Waals surface area contributed by atoms with Crippen LogP contribution in [0.15, 0.2) is 35.1 Å². The summed E-state index contributed by atoms with van der Waals surface area (Å²) < 4.78 is 11.6. The van der Waals surface area contributed by atoms with Crippen molar-refractivity contribution in [2.45, 2.75) is 32.7 Å². The highest BCUT2D eigenvalue weighted by Gasteiger charge is 2.19. The second kappa shape index (κ2) is 9.12. The summed E-state index contributed by atoms with van der Waals surface area (Å²) in [6.45, 7) is 2.91. The van der Waals surface area contributed by atoms with Crippen LogP contribution in [0.1, 0.15) is 23.5 Å². The van der Waals surface area contributed by atoms with Crippen LogP contribution >= 0.6 is 11.3 Å². The van der Waals surface area contributed by atoms with Crippen molar-refractivity contribution in [3.05, 3.63) is 51.4 Å². The SMILES string of the molecule is COCCc1nc2sc(C)c(-c3ccccc3)c2c(=O)n1CCCC(=O)OC. The van der Waals surface area contributed by atoms with Crippen molar-refractivity contribution < 1.29 is 14.3 Å². The number of carbonyl (C=O) groups excluding carboxylic acids is 1. The minimum atomic E-state index is -0.281. The van der Waals surface area contributed by atoms with E-state index in [2.05, 4.69) is 0 Å². The smallest absolute Gasteiger partial charge is 0.305 e. The van der Waals surface area contributed by atoms with Crippen molar-refractivity contribution in [3.63, 3.8) is 0 Å². The molecule has 7 heteroatoms. The predicted octanol–water partition coefficient (Wildman–Crippen LogP) is 3.58.